The lowest BCUT2D eigenvalue weighted by Crippen LogP contribution is -2.28. The number of rotatable bonds is 12. The molecule has 0 spiro atoms. The molecule has 0 saturated carbocycles. The first-order chi connectivity index (χ1) is 16.1. The standard InChI is InChI=1S/C29H38O5/c1-21(2)34-28(32)20-33-17-7-6-13-24-15-16-26(30)25(24)19-29(4,5)27(31)14-9-12-23-11-8-10-22(3)18-23/h6-12,15-16,18-19,21,24,27,31H,13-14,17,20H2,1-5H3/b7-6-,12-9-,25-19+/t24-,27-/m0/s1. The molecule has 184 valence electrons. The Balaban J connectivity index is 1.89. The number of allylic oxidation sites excluding steroid dienone is 4. The normalized spacial score (nSPS) is 18.6. The molecule has 0 bridgehead atoms. The molecule has 1 aromatic carbocycles. The fraction of sp³-hybridized carbons (Fsp3) is 0.448. The molecule has 2 atom stereocenters. The van der Waals surface area contributed by atoms with Crippen molar-refractivity contribution in [1.29, 1.82) is 0 Å². The molecule has 0 saturated heterocycles. The second kappa shape index (κ2) is 13.2. The molecule has 0 amide bonds. The molecule has 5 nitrogen and oxygen atoms in total. The Hall–Kier alpha value is -2.76. The largest absolute Gasteiger partial charge is 0.461 e. The summed E-state index contributed by atoms with van der Waals surface area (Å²) in [4.78, 5) is 23.9. The molecule has 0 radical (unpaired) electrons. The van der Waals surface area contributed by atoms with E-state index in [0.717, 1.165) is 5.56 Å². The minimum atomic E-state index is -0.621. The molecular formula is C29H38O5. The number of esters is 1. The number of ketones is 1. The number of aliphatic hydroxyl groups excluding tert-OH is 1. The molecule has 0 unspecified atom stereocenters. The van der Waals surface area contributed by atoms with Crippen molar-refractivity contribution in [2.24, 2.45) is 11.3 Å². The molecule has 2 rings (SSSR count). The number of hydrogen-bond donors (Lipinski definition) is 1. The predicted molar refractivity (Wildman–Crippen MR) is 136 cm³/mol. The van der Waals surface area contributed by atoms with Crippen molar-refractivity contribution in [2.45, 2.75) is 59.7 Å². The van der Waals surface area contributed by atoms with Crippen LogP contribution in [-0.4, -0.2) is 42.3 Å². The van der Waals surface area contributed by atoms with E-state index in [9.17, 15) is 14.7 Å². The summed E-state index contributed by atoms with van der Waals surface area (Å²) in [7, 11) is 0. The Kier molecular flexibility index (Phi) is 10.7. The van der Waals surface area contributed by atoms with Crippen LogP contribution in [-0.2, 0) is 19.1 Å². The lowest BCUT2D eigenvalue weighted by atomic mass is 9.80. The van der Waals surface area contributed by atoms with Gasteiger partial charge in [-0.3, -0.25) is 4.79 Å². The Morgan fingerprint density at radius 1 is 1.21 bits per heavy atom. The van der Waals surface area contributed by atoms with E-state index in [1.807, 2.05) is 62.4 Å². The molecule has 0 aliphatic heterocycles. The highest BCUT2D eigenvalue weighted by molar-refractivity contribution is 6.07. The van der Waals surface area contributed by atoms with Gasteiger partial charge in [-0.05, 0) is 45.3 Å². The topological polar surface area (TPSA) is 72.8 Å². The van der Waals surface area contributed by atoms with Gasteiger partial charge in [0.05, 0.1) is 18.8 Å². The third-order valence-electron chi connectivity index (χ3n) is 5.62. The van der Waals surface area contributed by atoms with E-state index >= 15 is 0 Å². The zero-order valence-corrected chi connectivity index (χ0v) is 21.0. The van der Waals surface area contributed by atoms with Crippen LogP contribution in [0.2, 0.25) is 0 Å². The van der Waals surface area contributed by atoms with Crippen molar-refractivity contribution in [1.82, 2.24) is 0 Å². The van der Waals surface area contributed by atoms with Crippen LogP contribution >= 0.6 is 0 Å². The van der Waals surface area contributed by atoms with Crippen molar-refractivity contribution in [3.05, 3.63) is 77.4 Å². The summed E-state index contributed by atoms with van der Waals surface area (Å²) in [5.74, 6) is -0.432. The zero-order valence-electron chi connectivity index (χ0n) is 21.0. The highest BCUT2D eigenvalue weighted by Crippen LogP contribution is 2.33. The molecule has 1 aromatic rings. The summed E-state index contributed by atoms with van der Waals surface area (Å²) in [6.07, 6.45) is 13.6. The van der Waals surface area contributed by atoms with Gasteiger partial charge in [0.2, 0.25) is 0 Å². The smallest absolute Gasteiger partial charge is 0.332 e. The first kappa shape index (κ1) is 27.5. The number of aliphatic hydroxyl groups is 1. The first-order valence-electron chi connectivity index (χ1n) is 11.9. The number of benzene rings is 1. The number of carbonyl (C=O) groups is 2. The fourth-order valence-electron chi connectivity index (χ4n) is 3.70. The quantitative estimate of drug-likeness (QED) is 0.194. The third-order valence-corrected chi connectivity index (χ3v) is 5.62. The summed E-state index contributed by atoms with van der Waals surface area (Å²) in [6.45, 7) is 9.76. The highest BCUT2D eigenvalue weighted by Gasteiger charge is 2.30. The number of carbonyl (C=O) groups excluding carboxylic acids is 2. The summed E-state index contributed by atoms with van der Waals surface area (Å²) in [5.41, 5.74) is 2.44. The molecule has 1 N–H and O–H groups in total. The molecule has 1 aliphatic rings. The Morgan fingerprint density at radius 3 is 2.68 bits per heavy atom. The number of ether oxygens (including phenoxy) is 2. The van der Waals surface area contributed by atoms with Crippen molar-refractivity contribution >= 4 is 17.8 Å². The monoisotopic (exact) mass is 466 g/mol. The van der Waals surface area contributed by atoms with E-state index < -0.39 is 11.5 Å². The van der Waals surface area contributed by atoms with Crippen LogP contribution in [0, 0.1) is 18.3 Å². The van der Waals surface area contributed by atoms with Crippen LogP contribution in [0.5, 0.6) is 0 Å². The molecule has 0 aromatic heterocycles. The van der Waals surface area contributed by atoms with Crippen LogP contribution < -0.4 is 0 Å². The average Bonchev–Trinajstić information content (AvgIpc) is 3.09. The Bertz CT molecular complexity index is 949. The van der Waals surface area contributed by atoms with Crippen LogP contribution in [0.4, 0.5) is 0 Å². The van der Waals surface area contributed by atoms with Gasteiger partial charge in [0, 0.05) is 16.9 Å². The maximum atomic E-state index is 12.5. The van der Waals surface area contributed by atoms with Gasteiger partial charge >= 0.3 is 5.97 Å². The molecule has 0 fully saturated rings. The molecule has 0 heterocycles. The van der Waals surface area contributed by atoms with Crippen molar-refractivity contribution < 1.29 is 24.2 Å². The van der Waals surface area contributed by atoms with Crippen LogP contribution in [0.25, 0.3) is 6.08 Å². The predicted octanol–water partition coefficient (Wildman–Crippen LogP) is 5.38. The lowest BCUT2D eigenvalue weighted by Gasteiger charge is -2.28. The van der Waals surface area contributed by atoms with Gasteiger partial charge in [0.1, 0.15) is 6.61 Å². The van der Waals surface area contributed by atoms with Crippen molar-refractivity contribution in [3.63, 3.8) is 0 Å². The van der Waals surface area contributed by atoms with E-state index in [4.69, 9.17) is 9.47 Å². The first-order valence-corrected chi connectivity index (χ1v) is 11.9. The van der Waals surface area contributed by atoms with E-state index in [1.165, 1.54) is 5.56 Å². The van der Waals surface area contributed by atoms with Gasteiger partial charge in [-0.25, -0.2) is 4.79 Å². The summed E-state index contributed by atoms with van der Waals surface area (Å²) in [5, 5.41) is 10.8. The zero-order chi connectivity index (χ0) is 25.1. The SMILES string of the molecule is Cc1cccc(/C=C\C[C@H](O)C(C)(C)/C=C2/C(=O)C=C[C@@H]2C/C=C\COCC(=O)OC(C)C)c1. The summed E-state index contributed by atoms with van der Waals surface area (Å²) >= 11 is 0. The fourth-order valence-corrected chi connectivity index (χ4v) is 3.70. The third kappa shape index (κ3) is 9.24. The summed E-state index contributed by atoms with van der Waals surface area (Å²) in [6, 6.07) is 8.20. The van der Waals surface area contributed by atoms with E-state index in [0.29, 0.717) is 25.0 Å². The minimum Gasteiger partial charge on any atom is -0.461 e. The molecular weight excluding hydrogens is 428 g/mol. The van der Waals surface area contributed by atoms with Crippen molar-refractivity contribution in [2.75, 3.05) is 13.2 Å². The van der Waals surface area contributed by atoms with E-state index in [1.54, 1.807) is 19.9 Å². The van der Waals surface area contributed by atoms with Crippen molar-refractivity contribution in [3.8, 4) is 0 Å². The van der Waals surface area contributed by atoms with Crippen LogP contribution in [0.1, 0.15) is 51.7 Å². The number of hydrogen-bond acceptors (Lipinski definition) is 5. The van der Waals surface area contributed by atoms with Gasteiger partial charge in [-0.1, -0.05) is 80.1 Å². The Morgan fingerprint density at radius 2 is 1.97 bits per heavy atom. The number of aryl methyl sites for hydroxylation is 1. The van der Waals surface area contributed by atoms with Crippen LogP contribution in [0.15, 0.2) is 66.3 Å². The lowest BCUT2D eigenvalue weighted by molar-refractivity contribution is -0.152. The maximum absolute atomic E-state index is 12.5. The average molecular weight is 467 g/mol. The molecule has 34 heavy (non-hydrogen) atoms. The minimum absolute atomic E-state index is 0.0124. The molecule has 5 heteroatoms. The maximum Gasteiger partial charge on any atom is 0.332 e. The van der Waals surface area contributed by atoms with E-state index in [2.05, 4.69) is 19.1 Å². The second-order valence-electron chi connectivity index (χ2n) is 9.58. The summed E-state index contributed by atoms with van der Waals surface area (Å²) < 4.78 is 10.3. The Labute approximate surface area is 203 Å². The van der Waals surface area contributed by atoms with Gasteiger partial charge < -0.3 is 14.6 Å². The molecule has 1 aliphatic carbocycles. The second-order valence-corrected chi connectivity index (χ2v) is 9.58. The van der Waals surface area contributed by atoms with Gasteiger partial charge in [0.25, 0.3) is 0 Å². The van der Waals surface area contributed by atoms with E-state index in [-0.39, 0.29) is 30.4 Å². The van der Waals surface area contributed by atoms with Gasteiger partial charge in [-0.2, -0.15) is 0 Å². The van der Waals surface area contributed by atoms with Gasteiger partial charge in [0.15, 0.2) is 5.78 Å². The van der Waals surface area contributed by atoms with Gasteiger partial charge in [-0.15, -0.1) is 0 Å². The van der Waals surface area contributed by atoms with Crippen LogP contribution in [0.3, 0.4) is 0 Å². The highest BCUT2D eigenvalue weighted by atomic mass is 16.6.